The largest absolute Gasteiger partial charge is 0.304 e. The van der Waals surface area contributed by atoms with Crippen LogP contribution >= 0.6 is 0 Å². The van der Waals surface area contributed by atoms with Crippen molar-refractivity contribution in [3.63, 3.8) is 0 Å². The summed E-state index contributed by atoms with van der Waals surface area (Å²) in [6.07, 6.45) is 2.74. The average molecular weight is 212 g/mol. The summed E-state index contributed by atoms with van der Waals surface area (Å²) in [7, 11) is 4.41. The van der Waals surface area contributed by atoms with Crippen LogP contribution in [0, 0.1) is 5.92 Å². The SMILES string of the molecule is CC(C)N1CCC[C@H](C(C)(C)N(C)C)C1. The summed E-state index contributed by atoms with van der Waals surface area (Å²) in [6, 6.07) is 0.700. The Hall–Kier alpha value is -0.0800. The highest BCUT2D eigenvalue weighted by Crippen LogP contribution is 2.30. The molecule has 1 aliphatic rings. The van der Waals surface area contributed by atoms with Crippen LogP contribution in [-0.4, -0.2) is 48.6 Å². The molecule has 1 rings (SSSR count). The Balaban J connectivity index is 2.63. The van der Waals surface area contributed by atoms with Gasteiger partial charge in [0.1, 0.15) is 0 Å². The summed E-state index contributed by atoms with van der Waals surface area (Å²) in [5, 5.41) is 0. The zero-order valence-corrected chi connectivity index (χ0v) is 11.4. The Morgan fingerprint density at radius 3 is 2.33 bits per heavy atom. The molecule has 1 saturated heterocycles. The molecule has 0 aromatic heterocycles. The van der Waals surface area contributed by atoms with Gasteiger partial charge in [0.15, 0.2) is 0 Å². The molecule has 1 atom stereocenters. The molecule has 90 valence electrons. The smallest absolute Gasteiger partial charge is 0.0187 e. The molecule has 0 saturated carbocycles. The average Bonchev–Trinajstić information content (AvgIpc) is 2.17. The van der Waals surface area contributed by atoms with Crippen LogP contribution in [0.15, 0.2) is 0 Å². The van der Waals surface area contributed by atoms with Gasteiger partial charge in [-0.1, -0.05) is 0 Å². The molecule has 0 N–H and O–H groups in total. The van der Waals surface area contributed by atoms with Crippen molar-refractivity contribution in [3.8, 4) is 0 Å². The molecule has 0 bridgehead atoms. The monoisotopic (exact) mass is 212 g/mol. The zero-order valence-electron chi connectivity index (χ0n) is 11.4. The molecule has 1 heterocycles. The van der Waals surface area contributed by atoms with Crippen molar-refractivity contribution in [1.82, 2.24) is 9.80 Å². The van der Waals surface area contributed by atoms with E-state index in [1.54, 1.807) is 0 Å². The fourth-order valence-corrected chi connectivity index (χ4v) is 2.42. The molecule has 15 heavy (non-hydrogen) atoms. The minimum Gasteiger partial charge on any atom is -0.304 e. The molecule has 0 radical (unpaired) electrons. The van der Waals surface area contributed by atoms with Crippen molar-refractivity contribution >= 4 is 0 Å². The van der Waals surface area contributed by atoms with Crippen LogP contribution in [0.1, 0.15) is 40.5 Å². The second kappa shape index (κ2) is 4.84. The van der Waals surface area contributed by atoms with Gasteiger partial charge < -0.3 is 9.80 Å². The van der Waals surface area contributed by atoms with Crippen molar-refractivity contribution in [2.75, 3.05) is 27.2 Å². The Labute approximate surface area is 95.6 Å². The van der Waals surface area contributed by atoms with E-state index < -0.39 is 0 Å². The lowest BCUT2D eigenvalue weighted by Gasteiger charge is -2.46. The van der Waals surface area contributed by atoms with Crippen molar-refractivity contribution < 1.29 is 0 Å². The third kappa shape index (κ3) is 2.94. The van der Waals surface area contributed by atoms with E-state index in [2.05, 4.69) is 51.6 Å². The predicted octanol–water partition coefficient (Wildman–Crippen LogP) is 2.45. The first-order valence-corrected chi connectivity index (χ1v) is 6.27. The lowest BCUT2D eigenvalue weighted by Crippen LogP contribution is -2.52. The number of likely N-dealkylation sites (tertiary alicyclic amines) is 1. The van der Waals surface area contributed by atoms with E-state index in [0.717, 1.165) is 5.92 Å². The second-order valence-electron chi connectivity index (χ2n) is 5.98. The van der Waals surface area contributed by atoms with Crippen molar-refractivity contribution in [3.05, 3.63) is 0 Å². The topological polar surface area (TPSA) is 6.48 Å². The van der Waals surface area contributed by atoms with E-state index in [0.29, 0.717) is 11.6 Å². The molecule has 0 amide bonds. The maximum Gasteiger partial charge on any atom is 0.0187 e. The molecule has 1 aliphatic heterocycles. The van der Waals surface area contributed by atoms with Crippen molar-refractivity contribution in [1.29, 1.82) is 0 Å². The molecule has 1 fully saturated rings. The Morgan fingerprint density at radius 2 is 1.87 bits per heavy atom. The zero-order chi connectivity index (χ0) is 11.6. The van der Waals surface area contributed by atoms with Gasteiger partial charge >= 0.3 is 0 Å². The molecule has 0 aromatic rings. The van der Waals surface area contributed by atoms with E-state index in [9.17, 15) is 0 Å². The standard InChI is InChI=1S/C13H28N2/c1-11(2)15-9-7-8-12(10-15)13(3,4)14(5)6/h11-12H,7-10H2,1-6H3/t12-/m0/s1. The maximum absolute atomic E-state index is 2.62. The van der Waals surface area contributed by atoms with Gasteiger partial charge in [0, 0.05) is 18.1 Å². The maximum atomic E-state index is 2.62. The molecular formula is C13H28N2. The van der Waals surface area contributed by atoms with E-state index in [1.807, 2.05) is 0 Å². The molecule has 2 heteroatoms. The Bertz CT molecular complexity index is 197. The number of hydrogen-bond donors (Lipinski definition) is 0. The van der Waals surface area contributed by atoms with Crippen LogP contribution in [0.4, 0.5) is 0 Å². The highest BCUT2D eigenvalue weighted by molar-refractivity contribution is 4.90. The number of hydrogen-bond acceptors (Lipinski definition) is 2. The van der Waals surface area contributed by atoms with Gasteiger partial charge in [-0.25, -0.2) is 0 Å². The normalized spacial score (nSPS) is 25.2. The van der Waals surface area contributed by atoms with E-state index in [1.165, 1.54) is 25.9 Å². The van der Waals surface area contributed by atoms with Gasteiger partial charge in [0.05, 0.1) is 0 Å². The number of piperidine rings is 1. The number of rotatable bonds is 3. The van der Waals surface area contributed by atoms with E-state index >= 15 is 0 Å². The first-order valence-electron chi connectivity index (χ1n) is 6.27. The lowest BCUT2D eigenvalue weighted by molar-refractivity contribution is 0.0396. The third-order valence-corrected chi connectivity index (χ3v) is 4.33. The minimum absolute atomic E-state index is 0.327. The van der Waals surface area contributed by atoms with Crippen LogP contribution in [0.3, 0.4) is 0 Å². The van der Waals surface area contributed by atoms with Crippen LogP contribution in [-0.2, 0) is 0 Å². The Kier molecular flexibility index (Phi) is 4.19. The summed E-state index contributed by atoms with van der Waals surface area (Å²) >= 11 is 0. The second-order valence-corrected chi connectivity index (χ2v) is 5.98. The molecule has 0 aromatic carbocycles. The lowest BCUT2D eigenvalue weighted by atomic mass is 9.80. The first-order chi connectivity index (χ1) is 6.85. The summed E-state index contributed by atoms with van der Waals surface area (Å²) in [5.74, 6) is 0.809. The fourth-order valence-electron chi connectivity index (χ4n) is 2.42. The number of nitrogens with zero attached hydrogens (tertiary/aromatic N) is 2. The predicted molar refractivity (Wildman–Crippen MR) is 67.2 cm³/mol. The highest BCUT2D eigenvalue weighted by atomic mass is 15.2. The molecule has 0 spiro atoms. The Morgan fingerprint density at radius 1 is 1.27 bits per heavy atom. The van der Waals surface area contributed by atoms with Crippen molar-refractivity contribution in [2.45, 2.75) is 52.1 Å². The minimum atomic E-state index is 0.327. The van der Waals surface area contributed by atoms with Gasteiger partial charge in [-0.15, -0.1) is 0 Å². The summed E-state index contributed by atoms with van der Waals surface area (Å²) in [5.41, 5.74) is 0.327. The summed E-state index contributed by atoms with van der Waals surface area (Å²) in [4.78, 5) is 5.00. The van der Waals surface area contributed by atoms with Crippen LogP contribution in [0.5, 0.6) is 0 Å². The fraction of sp³-hybridized carbons (Fsp3) is 1.00. The van der Waals surface area contributed by atoms with Crippen molar-refractivity contribution in [2.24, 2.45) is 5.92 Å². The molecular weight excluding hydrogens is 184 g/mol. The van der Waals surface area contributed by atoms with Crippen LogP contribution in [0.25, 0.3) is 0 Å². The van der Waals surface area contributed by atoms with E-state index in [-0.39, 0.29) is 0 Å². The first kappa shape index (κ1) is 13.0. The van der Waals surface area contributed by atoms with Crippen LogP contribution in [0.2, 0.25) is 0 Å². The van der Waals surface area contributed by atoms with E-state index in [4.69, 9.17) is 0 Å². The van der Waals surface area contributed by atoms with Gasteiger partial charge in [-0.3, -0.25) is 0 Å². The summed E-state index contributed by atoms with van der Waals surface area (Å²) < 4.78 is 0. The van der Waals surface area contributed by atoms with Crippen LogP contribution < -0.4 is 0 Å². The van der Waals surface area contributed by atoms with Gasteiger partial charge in [-0.05, 0) is 67.1 Å². The highest BCUT2D eigenvalue weighted by Gasteiger charge is 2.35. The summed E-state index contributed by atoms with van der Waals surface area (Å²) in [6.45, 7) is 11.9. The third-order valence-electron chi connectivity index (χ3n) is 4.33. The van der Waals surface area contributed by atoms with Gasteiger partial charge in [0.2, 0.25) is 0 Å². The molecule has 0 unspecified atom stereocenters. The van der Waals surface area contributed by atoms with Gasteiger partial charge in [0.25, 0.3) is 0 Å². The van der Waals surface area contributed by atoms with Gasteiger partial charge in [-0.2, -0.15) is 0 Å². The molecule has 2 nitrogen and oxygen atoms in total. The molecule has 0 aliphatic carbocycles. The quantitative estimate of drug-likeness (QED) is 0.709.